The zero-order valence-corrected chi connectivity index (χ0v) is 15.3. The molecule has 2 aliphatic rings. The molecular formula is C18H24N4O4. The van der Waals surface area contributed by atoms with Crippen LogP contribution >= 0.6 is 0 Å². The molecule has 1 amide bonds. The van der Waals surface area contributed by atoms with E-state index in [1.807, 2.05) is 39.0 Å². The fraction of sp³-hybridized carbons (Fsp3) is 0.611. The number of piperazine rings is 1. The van der Waals surface area contributed by atoms with Gasteiger partial charge in [-0.3, -0.25) is 4.90 Å². The molecule has 26 heavy (non-hydrogen) atoms. The summed E-state index contributed by atoms with van der Waals surface area (Å²) in [5, 5.41) is 7.73. The lowest BCUT2D eigenvalue weighted by Gasteiger charge is -2.46. The van der Waals surface area contributed by atoms with Gasteiger partial charge in [0.2, 0.25) is 0 Å². The Balaban J connectivity index is 1.39. The highest BCUT2D eigenvalue weighted by atomic mass is 16.6. The summed E-state index contributed by atoms with van der Waals surface area (Å²) in [6.45, 7) is 9.16. The highest BCUT2D eigenvalue weighted by Gasteiger charge is 2.36. The van der Waals surface area contributed by atoms with E-state index in [1.54, 1.807) is 4.90 Å². The Hall–Kier alpha value is -2.19. The summed E-state index contributed by atoms with van der Waals surface area (Å²) in [5.41, 5.74) is 2.08. The van der Waals surface area contributed by atoms with Gasteiger partial charge in [-0.25, -0.2) is 9.42 Å². The molecule has 2 aromatic rings. The molecule has 1 aromatic heterocycles. The highest BCUT2D eigenvalue weighted by molar-refractivity contribution is 5.73. The fourth-order valence-corrected chi connectivity index (χ4v) is 3.48. The van der Waals surface area contributed by atoms with Crippen LogP contribution in [0.1, 0.15) is 32.4 Å². The third-order valence-electron chi connectivity index (χ3n) is 4.80. The number of fused-ring (bicyclic) bond motifs is 2. The number of hydrogen-bond donors (Lipinski definition) is 0. The minimum atomic E-state index is -0.475. The van der Waals surface area contributed by atoms with Gasteiger partial charge in [-0.15, -0.1) is 0 Å². The molecule has 0 spiro atoms. The van der Waals surface area contributed by atoms with Crippen LogP contribution < -0.4 is 0 Å². The van der Waals surface area contributed by atoms with Crippen LogP contribution in [0.15, 0.2) is 22.8 Å². The topological polar surface area (TPSA) is 80.9 Å². The minimum Gasteiger partial charge on any atom is -0.444 e. The number of carbonyl (C=O) groups excluding carboxylic acids is 1. The lowest BCUT2D eigenvalue weighted by molar-refractivity contribution is -0.0906. The van der Waals surface area contributed by atoms with Crippen molar-refractivity contribution in [3.63, 3.8) is 0 Å². The molecule has 0 aliphatic carbocycles. The van der Waals surface area contributed by atoms with E-state index in [2.05, 4.69) is 15.2 Å². The second-order valence-corrected chi connectivity index (χ2v) is 7.91. The maximum absolute atomic E-state index is 12.3. The molecule has 1 aromatic carbocycles. The van der Waals surface area contributed by atoms with Gasteiger partial charge in [-0.05, 0) is 48.8 Å². The Morgan fingerprint density at radius 2 is 2.00 bits per heavy atom. The number of benzene rings is 1. The quantitative estimate of drug-likeness (QED) is 0.771. The van der Waals surface area contributed by atoms with Crippen LogP contribution in [0.25, 0.3) is 11.0 Å². The van der Waals surface area contributed by atoms with Gasteiger partial charge >= 0.3 is 6.09 Å². The van der Waals surface area contributed by atoms with Gasteiger partial charge in [-0.2, -0.15) is 0 Å². The first kappa shape index (κ1) is 17.2. The standard InChI is InChI=1S/C18H24N4O4/c1-18(2,3)25-17(23)22-7-6-21-10-16(24-11-13(21)9-22)12-4-5-14-15(8-12)20-26-19-14/h4-5,8,13,16H,6-7,9-11H2,1-3H3/t13-,16?/m0/s1. The summed E-state index contributed by atoms with van der Waals surface area (Å²) in [6.07, 6.45) is -0.260. The number of carbonyl (C=O) groups is 1. The molecule has 8 heteroatoms. The molecule has 0 N–H and O–H groups in total. The van der Waals surface area contributed by atoms with Crippen LogP contribution in [-0.2, 0) is 9.47 Å². The lowest BCUT2D eigenvalue weighted by Crippen LogP contribution is -2.59. The predicted octanol–water partition coefficient (Wildman–Crippen LogP) is 2.22. The molecule has 140 valence electrons. The second-order valence-electron chi connectivity index (χ2n) is 7.91. The van der Waals surface area contributed by atoms with Crippen molar-refractivity contribution in [1.82, 2.24) is 20.1 Å². The smallest absolute Gasteiger partial charge is 0.410 e. The molecular weight excluding hydrogens is 336 g/mol. The predicted molar refractivity (Wildman–Crippen MR) is 93.7 cm³/mol. The summed E-state index contributed by atoms with van der Waals surface area (Å²) in [6, 6.07) is 6.07. The van der Waals surface area contributed by atoms with Gasteiger partial charge in [0.05, 0.1) is 18.8 Å². The van der Waals surface area contributed by atoms with Crippen molar-refractivity contribution in [1.29, 1.82) is 0 Å². The Morgan fingerprint density at radius 1 is 1.19 bits per heavy atom. The number of nitrogens with zero attached hydrogens (tertiary/aromatic N) is 4. The Morgan fingerprint density at radius 3 is 2.81 bits per heavy atom. The number of amides is 1. The highest BCUT2D eigenvalue weighted by Crippen LogP contribution is 2.28. The second kappa shape index (κ2) is 6.51. The van der Waals surface area contributed by atoms with Crippen LogP contribution in [0.3, 0.4) is 0 Å². The number of ether oxygens (including phenoxy) is 2. The number of aromatic nitrogens is 2. The van der Waals surface area contributed by atoms with E-state index in [4.69, 9.17) is 14.1 Å². The van der Waals surface area contributed by atoms with Gasteiger partial charge < -0.3 is 14.4 Å². The summed E-state index contributed by atoms with van der Waals surface area (Å²) >= 11 is 0. The molecule has 8 nitrogen and oxygen atoms in total. The van der Waals surface area contributed by atoms with Crippen molar-refractivity contribution in [2.45, 2.75) is 38.5 Å². The first-order chi connectivity index (χ1) is 12.4. The van der Waals surface area contributed by atoms with Crippen molar-refractivity contribution in [2.75, 3.05) is 32.8 Å². The molecule has 2 fully saturated rings. The first-order valence-electron chi connectivity index (χ1n) is 8.95. The van der Waals surface area contributed by atoms with E-state index >= 15 is 0 Å². The molecule has 0 bridgehead atoms. The molecule has 2 aliphatic heterocycles. The van der Waals surface area contributed by atoms with Crippen LogP contribution in [-0.4, -0.2) is 70.6 Å². The van der Waals surface area contributed by atoms with Crippen LogP contribution in [0, 0.1) is 0 Å². The minimum absolute atomic E-state index is 0.0135. The van der Waals surface area contributed by atoms with Gasteiger partial charge in [-0.1, -0.05) is 6.07 Å². The van der Waals surface area contributed by atoms with Crippen molar-refractivity contribution < 1.29 is 18.9 Å². The zero-order valence-electron chi connectivity index (χ0n) is 15.3. The summed E-state index contributed by atoms with van der Waals surface area (Å²) in [5.74, 6) is 0. The SMILES string of the molecule is CC(C)(C)OC(=O)N1CCN2CC(c3ccc4nonc4c3)OC[C@@H]2C1. The van der Waals surface area contributed by atoms with Crippen molar-refractivity contribution in [2.24, 2.45) is 0 Å². The number of rotatable bonds is 1. The summed E-state index contributed by atoms with van der Waals surface area (Å²) in [7, 11) is 0. The Bertz CT molecular complexity index is 800. The van der Waals surface area contributed by atoms with E-state index in [9.17, 15) is 4.79 Å². The van der Waals surface area contributed by atoms with Gasteiger partial charge in [0, 0.05) is 26.2 Å². The Labute approximate surface area is 152 Å². The molecule has 0 saturated carbocycles. The van der Waals surface area contributed by atoms with E-state index in [-0.39, 0.29) is 18.2 Å². The van der Waals surface area contributed by atoms with E-state index in [1.165, 1.54) is 0 Å². The van der Waals surface area contributed by atoms with E-state index in [0.717, 1.165) is 29.7 Å². The third-order valence-corrected chi connectivity index (χ3v) is 4.80. The molecule has 2 saturated heterocycles. The van der Waals surface area contributed by atoms with E-state index in [0.29, 0.717) is 19.7 Å². The van der Waals surface area contributed by atoms with Crippen molar-refractivity contribution >= 4 is 17.1 Å². The van der Waals surface area contributed by atoms with Crippen LogP contribution in [0.5, 0.6) is 0 Å². The maximum Gasteiger partial charge on any atom is 0.410 e. The monoisotopic (exact) mass is 360 g/mol. The molecule has 4 rings (SSSR count). The molecule has 2 atom stereocenters. The normalized spacial score (nSPS) is 24.5. The zero-order chi connectivity index (χ0) is 18.3. The average Bonchev–Trinajstić information content (AvgIpc) is 3.07. The number of hydrogen-bond acceptors (Lipinski definition) is 7. The summed E-state index contributed by atoms with van der Waals surface area (Å²) in [4.78, 5) is 16.5. The molecule has 0 radical (unpaired) electrons. The van der Waals surface area contributed by atoms with Gasteiger partial charge in [0.25, 0.3) is 0 Å². The fourth-order valence-electron chi connectivity index (χ4n) is 3.48. The summed E-state index contributed by atoms with van der Waals surface area (Å²) < 4.78 is 16.3. The average molecular weight is 360 g/mol. The molecule has 1 unspecified atom stereocenters. The van der Waals surface area contributed by atoms with Crippen LogP contribution in [0.4, 0.5) is 4.79 Å². The lowest BCUT2D eigenvalue weighted by atomic mass is 10.0. The van der Waals surface area contributed by atoms with Crippen molar-refractivity contribution in [3.8, 4) is 0 Å². The van der Waals surface area contributed by atoms with Gasteiger partial charge in [0.1, 0.15) is 16.6 Å². The molecule has 3 heterocycles. The van der Waals surface area contributed by atoms with Gasteiger partial charge in [0.15, 0.2) is 0 Å². The maximum atomic E-state index is 12.3. The van der Waals surface area contributed by atoms with E-state index < -0.39 is 5.60 Å². The number of morpholine rings is 1. The Kier molecular flexibility index (Phi) is 4.32. The third kappa shape index (κ3) is 3.52. The largest absolute Gasteiger partial charge is 0.444 e. The van der Waals surface area contributed by atoms with Crippen LogP contribution in [0.2, 0.25) is 0 Å². The first-order valence-corrected chi connectivity index (χ1v) is 8.95. The van der Waals surface area contributed by atoms with Crippen molar-refractivity contribution in [3.05, 3.63) is 23.8 Å².